The van der Waals surface area contributed by atoms with Gasteiger partial charge in [0, 0.05) is 6.04 Å². The zero-order chi connectivity index (χ0) is 16.8. The zero-order valence-electron chi connectivity index (χ0n) is 14.1. The van der Waals surface area contributed by atoms with Crippen LogP contribution in [0.4, 0.5) is 0 Å². The molecule has 0 saturated carbocycles. The molecule has 2 atom stereocenters. The van der Waals surface area contributed by atoms with Crippen LogP contribution in [-0.2, 0) is 10.0 Å². The maximum absolute atomic E-state index is 12.5. The van der Waals surface area contributed by atoms with Crippen LogP contribution >= 0.6 is 0 Å². The molecule has 126 valence electrons. The number of hydrogen-bond donors (Lipinski definition) is 2. The molecule has 4 nitrogen and oxygen atoms in total. The van der Waals surface area contributed by atoms with Gasteiger partial charge < -0.3 is 5.73 Å². The van der Waals surface area contributed by atoms with Crippen molar-refractivity contribution in [1.29, 1.82) is 0 Å². The fourth-order valence-corrected chi connectivity index (χ4v) is 3.95. The average Bonchev–Trinajstić information content (AvgIpc) is 2.47. The first kappa shape index (κ1) is 19.1. The Hall–Kier alpha value is -0.910. The maximum atomic E-state index is 12.5. The third kappa shape index (κ3) is 5.71. The van der Waals surface area contributed by atoms with Crippen LogP contribution in [0, 0.1) is 17.8 Å². The summed E-state index contributed by atoms with van der Waals surface area (Å²) >= 11 is 0. The molecule has 5 heteroatoms. The van der Waals surface area contributed by atoms with Gasteiger partial charge in [0.25, 0.3) is 0 Å². The van der Waals surface area contributed by atoms with E-state index in [4.69, 9.17) is 5.73 Å². The summed E-state index contributed by atoms with van der Waals surface area (Å²) in [6.07, 6.45) is 1.75. The van der Waals surface area contributed by atoms with Gasteiger partial charge in [-0.05, 0) is 49.3 Å². The van der Waals surface area contributed by atoms with Crippen LogP contribution in [0.5, 0.6) is 0 Å². The third-order valence-electron chi connectivity index (χ3n) is 4.26. The molecule has 3 N–H and O–H groups in total. The van der Waals surface area contributed by atoms with Gasteiger partial charge in [0.05, 0.1) is 4.90 Å². The number of hydrogen-bond acceptors (Lipinski definition) is 3. The first-order chi connectivity index (χ1) is 10.3. The first-order valence-corrected chi connectivity index (χ1v) is 9.53. The third-order valence-corrected chi connectivity index (χ3v) is 5.76. The highest BCUT2D eigenvalue weighted by Crippen LogP contribution is 2.21. The second-order valence-corrected chi connectivity index (χ2v) is 8.32. The van der Waals surface area contributed by atoms with Gasteiger partial charge >= 0.3 is 0 Å². The van der Waals surface area contributed by atoms with Crippen molar-refractivity contribution >= 4 is 10.0 Å². The van der Waals surface area contributed by atoms with Gasteiger partial charge in [-0.15, -0.1) is 0 Å². The fourth-order valence-electron chi connectivity index (χ4n) is 2.51. The van der Waals surface area contributed by atoms with Crippen LogP contribution < -0.4 is 10.5 Å². The molecule has 0 aromatic heterocycles. The molecule has 0 aliphatic carbocycles. The minimum atomic E-state index is -3.46. The van der Waals surface area contributed by atoms with E-state index in [0.717, 1.165) is 12.8 Å². The van der Waals surface area contributed by atoms with Gasteiger partial charge in [-0.2, -0.15) is 0 Å². The van der Waals surface area contributed by atoms with Crippen LogP contribution in [-0.4, -0.2) is 21.0 Å². The largest absolute Gasteiger partial charge is 0.330 e. The molecule has 0 saturated heterocycles. The summed E-state index contributed by atoms with van der Waals surface area (Å²) in [5, 5.41) is 0. The zero-order valence-corrected chi connectivity index (χ0v) is 14.9. The molecule has 1 rings (SSSR count). The lowest BCUT2D eigenvalue weighted by atomic mass is 9.88. The summed E-state index contributed by atoms with van der Waals surface area (Å²) in [5.41, 5.74) is 5.82. The Labute approximate surface area is 135 Å². The predicted molar refractivity (Wildman–Crippen MR) is 92.0 cm³/mol. The Morgan fingerprint density at radius 2 is 1.59 bits per heavy atom. The molecule has 1 aromatic rings. The minimum Gasteiger partial charge on any atom is -0.330 e. The summed E-state index contributed by atoms with van der Waals surface area (Å²) in [6, 6.07) is 8.46. The molecule has 0 radical (unpaired) electrons. The number of rotatable bonds is 9. The van der Waals surface area contributed by atoms with E-state index >= 15 is 0 Å². The highest BCUT2D eigenvalue weighted by atomic mass is 32.2. The minimum absolute atomic E-state index is 0.0713. The molecule has 0 amide bonds. The molecule has 1 aromatic carbocycles. The second-order valence-electron chi connectivity index (χ2n) is 6.60. The van der Waals surface area contributed by atoms with Crippen molar-refractivity contribution in [3.05, 3.63) is 30.3 Å². The van der Waals surface area contributed by atoms with Gasteiger partial charge in [-0.3, -0.25) is 0 Å². The van der Waals surface area contributed by atoms with Crippen LogP contribution in [0.3, 0.4) is 0 Å². The fraction of sp³-hybridized carbons (Fsp3) is 0.647. The topological polar surface area (TPSA) is 72.2 Å². The number of benzene rings is 1. The van der Waals surface area contributed by atoms with E-state index < -0.39 is 10.0 Å². The van der Waals surface area contributed by atoms with Crippen molar-refractivity contribution in [3.63, 3.8) is 0 Å². The van der Waals surface area contributed by atoms with Crippen LogP contribution in [0.1, 0.15) is 40.5 Å². The van der Waals surface area contributed by atoms with Gasteiger partial charge in [-0.1, -0.05) is 45.9 Å². The van der Waals surface area contributed by atoms with Gasteiger partial charge in [0.15, 0.2) is 0 Å². The maximum Gasteiger partial charge on any atom is 0.240 e. The van der Waals surface area contributed by atoms with Crippen LogP contribution in [0.2, 0.25) is 0 Å². The Bertz CT molecular complexity index is 527. The van der Waals surface area contributed by atoms with E-state index in [2.05, 4.69) is 18.6 Å². The highest BCUT2D eigenvalue weighted by Gasteiger charge is 2.23. The molecule has 0 spiro atoms. The summed E-state index contributed by atoms with van der Waals surface area (Å²) < 4.78 is 27.8. The van der Waals surface area contributed by atoms with Crippen molar-refractivity contribution in [2.45, 2.75) is 51.5 Å². The average molecular weight is 327 g/mol. The normalized spacial score (nSPS) is 15.2. The number of sulfonamides is 1. The lowest BCUT2D eigenvalue weighted by Crippen LogP contribution is -2.39. The SMILES string of the molecule is CC(C)[C@@H](CN)CC[C@H](NS(=O)(=O)c1ccccc1)C(C)C. The highest BCUT2D eigenvalue weighted by molar-refractivity contribution is 7.89. The Kier molecular flexibility index (Phi) is 7.53. The van der Waals surface area contributed by atoms with Crippen LogP contribution in [0.25, 0.3) is 0 Å². The Morgan fingerprint density at radius 1 is 1.00 bits per heavy atom. The molecule has 0 aliphatic heterocycles. The van der Waals surface area contributed by atoms with E-state index in [9.17, 15) is 8.42 Å². The molecular formula is C17H30N2O2S. The molecule has 0 heterocycles. The quantitative estimate of drug-likeness (QED) is 0.733. The molecular weight excluding hydrogens is 296 g/mol. The van der Waals surface area contributed by atoms with E-state index in [1.54, 1.807) is 24.3 Å². The summed E-state index contributed by atoms with van der Waals surface area (Å²) in [5.74, 6) is 1.19. The van der Waals surface area contributed by atoms with Crippen molar-refractivity contribution in [2.24, 2.45) is 23.5 Å². The monoisotopic (exact) mass is 326 g/mol. The number of nitrogens with one attached hydrogen (secondary N) is 1. The van der Waals surface area contributed by atoms with E-state index in [-0.39, 0.29) is 12.0 Å². The first-order valence-electron chi connectivity index (χ1n) is 8.05. The van der Waals surface area contributed by atoms with Gasteiger partial charge in [0.2, 0.25) is 10.0 Å². The molecule has 0 fully saturated rings. The van der Waals surface area contributed by atoms with Crippen LogP contribution in [0.15, 0.2) is 35.2 Å². The Morgan fingerprint density at radius 3 is 2.05 bits per heavy atom. The standard InChI is InChI=1S/C17H30N2O2S/c1-13(2)15(12-18)10-11-17(14(3)4)19-22(20,21)16-8-6-5-7-9-16/h5-9,13-15,17,19H,10-12,18H2,1-4H3/t15-,17+/m1/s1. The second kappa shape index (κ2) is 8.65. The van der Waals surface area contributed by atoms with Gasteiger partial charge in [0.1, 0.15) is 0 Å². The van der Waals surface area contributed by atoms with E-state index in [1.807, 2.05) is 19.9 Å². The van der Waals surface area contributed by atoms with Gasteiger partial charge in [-0.25, -0.2) is 13.1 Å². The van der Waals surface area contributed by atoms with Crippen molar-refractivity contribution in [1.82, 2.24) is 4.72 Å². The summed E-state index contributed by atoms with van der Waals surface area (Å²) in [4.78, 5) is 0.319. The molecule has 22 heavy (non-hydrogen) atoms. The lowest BCUT2D eigenvalue weighted by molar-refractivity contribution is 0.319. The van der Waals surface area contributed by atoms with Crippen molar-refractivity contribution < 1.29 is 8.42 Å². The predicted octanol–water partition coefficient (Wildman–Crippen LogP) is 3.00. The van der Waals surface area contributed by atoms with E-state index in [1.165, 1.54) is 0 Å². The van der Waals surface area contributed by atoms with Crippen molar-refractivity contribution in [2.75, 3.05) is 6.54 Å². The van der Waals surface area contributed by atoms with E-state index in [0.29, 0.717) is 23.3 Å². The lowest BCUT2D eigenvalue weighted by Gasteiger charge is -2.26. The Balaban J connectivity index is 2.76. The summed E-state index contributed by atoms with van der Waals surface area (Å²) in [6.45, 7) is 9.07. The van der Waals surface area contributed by atoms with Crippen molar-refractivity contribution in [3.8, 4) is 0 Å². The smallest absolute Gasteiger partial charge is 0.240 e. The molecule has 0 unspecified atom stereocenters. The molecule has 0 aliphatic rings. The molecule has 0 bridgehead atoms. The number of nitrogens with two attached hydrogens (primary N) is 1. The summed E-state index contributed by atoms with van der Waals surface area (Å²) in [7, 11) is -3.46.